The number of rotatable bonds is 17. The molecule has 9 rings (SSSR count). The molecule has 0 spiro atoms. The Kier molecular flexibility index (Phi) is 15.7. The van der Waals surface area contributed by atoms with Crippen LogP contribution in [-0.4, -0.2) is 105 Å². The molecule has 5 atom stereocenters. The molecule has 0 bridgehead atoms. The Morgan fingerprint density at radius 2 is 1.81 bits per heavy atom. The summed E-state index contributed by atoms with van der Waals surface area (Å²) in [5.74, 6) is 6.58. The molecule has 1 fully saturated rings. The molecular formula is C49H57N8O15P3. The van der Waals surface area contributed by atoms with E-state index in [2.05, 4.69) is 83.3 Å². The fourth-order valence-corrected chi connectivity index (χ4v) is 13.2. The highest BCUT2D eigenvalue weighted by Crippen LogP contribution is 2.65. The maximum atomic E-state index is 14.5. The second-order valence-corrected chi connectivity index (χ2v) is 22.9. The SMILES string of the molecule is CCN1CCCc2cc3c(cc21)Oc1cc2c(cc1=C3c1ccccc1C(=O)N(C)CCCC(=O)NCC#Cc1cn([C@H]3CC[C@@H](COP(=O)(O)OP(=O)(O)OP(=O)([O-])O)O3)c3nc(N)[nH]c(=O)c13)CCC[N+]=2CC. The molecule has 75 heavy (non-hydrogen) atoms. The fraction of sp³-hybridized carbons (Fsp3) is 0.408. The number of phosphoric acid groups is 3. The van der Waals surface area contributed by atoms with Gasteiger partial charge in [-0.05, 0) is 81.7 Å². The zero-order valence-electron chi connectivity index (χ0n) is 41.4. The van der Waals surface area contributed by atoms with E-state index in [4.69, 9.17) is 24.6 Å². The van der Waals surface area contributed by atoms with Gasteiger partial charge in [-0.3, -0.25) is 28.5 Å². The first-order valence-corrected chi connectivity index (χ1v) is 29.0. The molecule has 3 aromatic carbocycles. The van der Waals surface area contributed by atoms with Crippen molar-refractivity contribution in [2.45, 2.75) is 77.5 Å². The number of nitrogens with two attached hydrogens (primary N) is 1. The number of aryl methyl sites for hydroxylation is 2. The standard InChI is InChI=1S/C49H57N8O15P3/c1-4-55-22-9-13-30-24-36-40(26-38(30)55)70-41-27-39-31(14-10-23-56(39)5-2)25-37(41)45(36)34-15-6-7-16-35(34)48(60)54(3)21-11-17-42(58)51-20-8-12-32-28-57(46-44(32)47(59)53-49(50)52-46)43-19-18-33(69-43)29-68-74(64,65)72-75(66,67)71-73(61,62)63/h6-7,15-16,24-28,33,43H,4-5,9-11,13-14,17-23,29H2,1-3H3,(H7-,50,51,52,53,58,59,61,62,63,64,65,66,67)/t33-,43+/m0/s1. The number of benzene rings is 3. The van der Waals surface area contributed by atoms with Crippen molar-refractivity contribution in [1.82, 2.24) is 29.3 Å². The molecule has 398 valence electrons. The van der Waals surface area contributed by atoms with Gasteiger partial charge in [0, 0.05) is 85.0 Å². The third-order valence-electron chi connectivity index (χ3n) is 13.5. The van der Waals surface area contributed by atoms with E-state index in [1.165, 1.54) is 32.9 Å². The highest BCUT2D eigenvalue weighted by Gasteiger charge is 2.40. The number of fused-ring (bicyclic) bond motifs is 5. The Balaban J connectivity index is 0.856. The lowest BCUT2D eigenvalue weighted by atomic mass is 9.86. The molecule has 0 aliphatic carbocycles. The number of hydrogen-bond donors (Lipinski definition) is 6. The van der Waals surface area contributed by atoms with Gasteiger partial charge in [0.15, 0.2) is 5.65 Å². The lowest BCUT2D eigenvalue weighted by Gasteiger charge is -2.33. The molecule has 5 aromatic rings. The number of nitrogens with one attached hydrogen (secondary N) is 2. The van der Waals surface area contributed by atoms with Crippen LogP contribution in [0.1, 0.15) is 96.8 Å². The summed E-state index contributed by atoms with van der Waals surface area (Å²) in [5.41, 5.74) is 12.5. The highest BCUT2D eigenvalue weighted by molar-refractivity contribution is 7.66. The largest absolute Gasteiger partial charge is 0.756 e. The van der Waals surface area contributed by atoms with E-state index in [0.29, 0.717) is 12.0 Å². The quantitative estimate of drug-likeness (QED) is 0.0434. The summed E-state index contributed by atoms with van der Waals surface area (Å²) in [6, 6.07) is 16.5. The minimum absolute atomic E-state index is 0.0696. The second-order valence-electron chi connectivity index (χ2n) is 18.5. The Hall–Kier alpha value is -5.98. The predicted molar refractivity (Wildman–Crippen MR) is 273 cm³/mol. The molecule has 6 heterocycles. The minimum atomic E-state index is -5.82. The average Bonchev–Trinajstić information content (AvgIpc) is 3.98. The van der Waals surface area contributed by atoms with Crippen LogP contribution in [0.2, 0.25) is 0 Å². The Labute approximate surface area is 430 Å². The van der Waals surface area contributed by atoms with Gasteiger partial charge in [-0.2, -0.15) is 9.29 Å². The number of carbonyl (C=O) groups excluding carboxylic acids is 2. The van der Waals surface area contributed by atoms with E-state index in [-0.39, 0.29) is 66.7 Å². The third-order valence-corrected chi connectivity index (χ3v) is 17.3. The van der Waals surface area contributed by atoms with Crippen LogP contribution in [0.4, 0.5) is 11.6 Å². The van der Waals surface area contributed by atoms with Crippen molar-refractivity contribution in [2.75, 3.05) is 63.6 Å². The first-order valence-electron chi connectivity index (χ1n) is 24.5. The number of anilines is 2. The molecule has 0 radical (unpaired) electrons. The van der Waals surface area contributed by atoms with Gasteiger partial charge in [-0.15, -0.1) is 0 Å². The monoisotopic (exact) mass is 1090 g/mol. The Morgan fingerprint density at radius 1 is 1.03 bits per heavy atom. The van der Waals surface area contributed by atoms with Crippen molar-refractivity contribution in [3.63, 3.8) is 0 Å². The minimum Gasteiger partial charge on any atom is -0.756 e. The summed E-state index contributed by atoms with van der Waals surface area (Å²) in [6.45, 7) is 7.60. The van der Waals surface area contributed by atoms with E-state index in [1.54, 1.807) is 11.9 Å². The maximum absolute atomic E-state index is 14.5. The van der Waals surface area contributed by atoms with Crippen LogP contribution >= 0.6 is 23.5 Å². The normalized spacial score (nSPS) is 19.3. The van der Waals surface area contributed by atoms with E-state index in [1.807, 2.05) is 24.3 Å². The second kappa shape index (κ2) is 21.9. The zero-order valence-corrected chi connectivity index (χ0v) is 44.0. The summed E-state index contributed by atoms with van der Waals surface area (Å²) < 4.78 is 63.4. The summed E-state index contributed by atoms with van der Waals surface area (Å²) >= 11 is 0. The highest BCUT2D eigenvalue weighted by atomic mass is 31.3. The van der Waals surface area contributed by atoms with Crippen LogP contribution in [0.25, 0.3) is 16.6 Å². The summed E-state index contributed by atoms with van der Waals surface area (Å²) in [6.07, 6.45) is 4.65. The van der Waals surface area contributed by atoms with Gasteiger partial charge in [0.1, 0.15) is 30.8 Å². The molecule has 4 aliphatic rings. The number of phosphoric ester groups is 1. The number of nitrogens with zero attached hydrogens (tertiary/aromatic N) is 5. The Morgan fingerprint density at radius 3 is 2.59 bits per heavy atom. The Bertz CT molecular complexity index is 3510. The molecule has 23 nitrogen and oxygen atoms in total. The summed E-state index contributed by atoms with van der Waals surface area (Å²) in [7, 11) is -15.3. The average molecular weight is 1090 g/mol. The van der Waals surface area contributed by atoms with Crippen LogP contribution in [0, 0.1) is 11.8 Å². The zero-order chi connectivity index (χ0) is 53.4. The number of H-pyrrole nitrogens is 1. The lowest BCUT2D eigenvalue weighted by Crippen LogP contribution is -2.39. The smallest absolute Gasteiger partial charge is 0.487 e. The van der Waals surface area contributed by atoms with Crippen LogP contribution in [-0.2, 0) is 49.2 Å². The molecule has 2 aromatic heterocycles. The predicted octanol–water partition coefficient (Wildman–Crippen LogP) is 3.30. The topological polar surface area (TPSA) is 313 Å². The van der Waals surface area contributed by atoms with Crippen molar-refractivity contribution >= 4 is 63.5 Å². The number of carbonyl (C=O) groups is 2. The number of aromatic nitrogens is 3. The van der Waals surface area contributed by atoms with Crippen molar-refractivity contribution in [3.05, 3.63) is 109 Å². The van der Waals surface area contributed by atoms with E-state index in [9.17, 15) is 42.8 Å². The van der Waals surface area contributed by atoms with Crippen LogP contribution in [0.3, 0.4) is 0 Å². The van der Waals surface area contributed by atoms with E-state index < -0.39 is 48.0 Å². The van der Waals surface area contributed by atoms with Gasteiger partial charge in [0.05, 0.1) is 36.3 Å². The number of nitrogen functional groups attached to an aromatic ring is 1. The van der Waals surface area contributed by atoms with Gasteiger partial charge < -0.3 is 54.5 Å². The number of amides is 2. The van der Waals surface area contributed by atoms with Crippen LogP contribution in [0.15, 0.2) is 59.5 Å². The van der Waals surface area contributed by atoms with E-state index in [0.717, 1.165) is 85.3 Å². The molecule has 26 heteroatoms. The number of aromatic amines is 1. The maximum Gasteiger partial charge on any atom is 0.487 e. The van der Waals surface area contributed by atoms with Crippen LogP contribution < -0.4 is 46.3 Å². The van der Waals surface area contributed by atoms with E-state index >= 15 is 0 Å². The van der Waals surface area contributed by atoms with Gasteiger partial charge in [-0.1, -0.05) is 30.0 Å². The summed E-state index contributed by atoms with van der Waals surface area (Å²) in [4.78, 5) is 90.1. The molecule has 7 N–H and O–H groups in total. The van der Waals surface area contributed by atoms with Crippen molar-refractivity contribution in [2.24, 2.45) is 0 Å². The van der Waals surface area contributed by atoms with Gasteiger partial charge in [0.25, 0.3) is 19.3 Å². The van der Waals surface area contributed by atoms with Gasteiger partial charge in [0.2, 0.25) is 17.2 Å². The first kappa shape index (κ1) is 53.8. The molecule has 4 aliphatic heterocycles. The molecule has 2 amide bonds. The molecular weight excluding hydrogens is 1030 g/mol. The van der Waals surface area contributed by atoms with Crippen molar-refractivity contribution < 1.29 is 65.5 Å². The molecule has 1 saturated heterocycles. The fourth-order valence-electron chi connectivity index (χ4n) is 10.2. The molecule has 3 unspecified atom stereocenters. The third kappa shape index (κ3) is 12.0. The molecule has 0 saturated carbocycles. The van der Waals surface area contributed by atoms with Crippen molar-refractivity contribution in [1.29, 1.82) is 0 Å². The number of ether oxygens (including phenoxy) is 2. The lowest BCUT2D eigenvalue weighted by molar-refractivity contribution is -0.212. The number of hydrogen-bond acceptors (Lipinski definition) is 15. The van der Waals surface area contributed by atoms with Gasteiger partial charge in [-0.25, -0.2) is 18.0 Å². The van der Waals surface area contributed by atoms with Crippen molar-refractivity contribution in [3.8, 4) is 23.3 Å². The van der Waals surface area contributed by atoms with Gasteiger partial charge >= 0.3 is 15.6 Å². The first-order chi connectivity index (χ1) is 35.7. The summed E-state index contributed by atoms with van der Waals surface area (Å²) in [5, 5.41) is 4.97. The van der Waals surface area contributed by atoms with Crippen LogP contribution in [0.5, 0.6) is 11.5 Å².